The van der Waals surface area contributed by atoms with Crippen LogP contribution in [0.5, 0.6) is 0 Å². The Bertz CT molecular complexity index is 938. The summed E-state index contributed by atoms with van der Waals surface area (Å²) in [5, 5.41) is 10.2. The molecule has 1 fully saturated rings. The third-order valence-corrected chi connectivity index (χ3v) is 7.08. The first-order valence-electron chi connectivity index (χ1n) is 8.73. The van der Waals surface area contributed by atoms with Crippen molar-refractivity contribution in [3.63, 3.8) is 0 Å². The molecule has 1 aliphatic heterocycles. The molecule has 1 saturated heterocycles. The molecule has 0 unspecified atom stereocenters. The highest BCUT2D eigenvalue weighted by Crippen LogP contribution is 2.28. The molecule has 7 nitrogen and oxygen atoms in total. The number of carbonyl (C=O) groups is 1. The van der Waals surface area contributed by atoms with Crippen molar-refractivity contribution in [2.24, 2.45) is 0 Å². The third-order valence-electron chi connectivity index (χ3n) is 5.07. The van der Waals surface area contributed by atoms with Crippen molar-refractivity contribution in [2.45, 2.75) is 31.1 Å². The summed E-state index contributed by atoms with van der Waals surface area (Å²) in [6, 6.07) is 5.91. The van der Waals surface area contributed by atoms with Gasteiger partial charge < -0.3 is 10.6 Å². The largest absolute Gasteiger partial charge is 0.351 e. The van der Waals surface area contributed by atoms with Crippen molar-refractivity contribution >= 4 is 28.2 Å². The van der Waals surface area contributed by atoms with Crippen LogP contribution in [-0.2, 0) is 21.2 Å². The van der Waals surface area contributed by atoms with E-state index in [1.807, 2.05) is 0 Å². The topological polar surface area (TPSA) is 93.1 Å². The monoisotopic (exact) mass is 430 g/mol. The van der Waals surface area contributed by atoms with E-state index >= 15 is 0 Å². The molecule has 0 spiro atoms. The Kier molecular flexibility index (Phi) is 6.84. The number of benzene rings is 1. The normalized spacial score (nSPS) is 16.2. The number of amides is 1. The molecule has 1 aromatic heterocycles. The van der Waals surface area contributed by atoms with Crippen LogP contribution in [0, 0.1) is 12.7 Å². The SMILES string of the molecule is Cc1nn(-c2ccc(F)cc2)cc1CNC(=O)C1(S(C)(=O)=O)CCNCC1.Cl. The van der Waals surface area contributed by atoms with Gasteiger partial charge in [0.05, 0.1) is 11.4 Å². The van der Waals surface area contributed by atoms with Gasteiger partial charge in [0.25, 0.3) is 0 Å². The molecular weight excluding hydrogens is 407 g/mol. The number of nitrogens with zero attached hydrogens (tertiary/aromatic N) is 2. The Labute approximate surface area is 170 Å². The molecule has 0 atom stereocenters. The zero-order chi connectivity index (χ0) is 19.7. The lowest BCUT2D eigenvalue weighted by Crippen LogP contribution is -2.57. The molecule has 0 radical (unpaired) electrons. The van der Waals surface area contributed by atoms with Crippen molar-refractivity contribution in [3.05, 3.63) is 47.5 Å². The maximum Gasteiger partial charge on any atom is 0.241 e. The Balaban J connectivity index is 0.00000280. The number of aryl methyl sites for hydroxylation is 1. The highest BCUT2D eigenvalue weighted by Gasteiger charge is 2.48. The first kappa shape index (κ1) is 22.3. The van der Waals surface area contributed by atoms with Gasteiger partial charge in [-0.3, -0.25) is 4.79 Å². The Morgan fingerprint density at radius 2 is 1.89 bits per heavy atom. The Morgan fingerprint density at radius 3 is 2.46 bits per heavy atom. The van der Waals surface area contributed by atoms with Gasteiger partial charge in [0, 0.05) is 24.6 Å². The maximum absolute atomic E-state index is 13.1. The minimum atomic E-state index is -3.55. The van der Waals surface area contributed by atoms with Crippen LogP contribution in [0.2, 0.25) is 0 Å². The van der Waals surface area contributed by atoms with Crippen molar-refractivity contribution in [3.8, 4) is 5.69 Å². The smallest absolute Gasteiger partial charge is 0.241 e. The Hall–Kier alpha value is -1.97. The molecule has 0 bridgehead atoms. The van der Waals surface area contributed by atoms with E-state index in [0.717, 1.165) is 11.8 Å². The summed E-state index contributed by atoms with van der Waals surface area (Å²) in [6.07, 6.45) is 3.38. The highest BCUT2D eigenvalue weighted by atomic mass is 35.5. The predicted octanol–water partition coefficient (Wildman–Crippen LogP) is 1.52. The van der Waals surface area contributed by atoms with Gasteiger partial charge in [-0.25, -0.2) is 17.5 Å². The average molecular weight is 431 g/mol. The van der Waals surface area contributed by atoms with Crippen LogP contribution < -0.4 is 10.6 Å². The summed E-state index contributed by atoms with van der Waals surface area (Å²) in [7, 11) is -3.55. The van der Waals surface area contributed by atoms with E-state index in [9.17, 15) is 17.6 Å². The molecule has 1 aromatic carbocycles. The lowest BCUT2D eigenvalue weighted by Gasteiger charge is -2.34. The number of aromatic nitrogens is 2. The standard InChI is InChI=1S/C18H23FN4O3S.ClH/c1-13-14(12-23(22-13)16-5-3-15(19)4-6-16)11-21-17(24)18(27(2,25)26)7-9-20-10-8-18;/h3-6,12,20H,7-11H2,1-2H3,(H,21,24);1H. The molecule has 0 saturated carbocycles. The van der Waals surface area contributed by atoms with Crippen molar-refractivity contribution in [2.75, 3.05) is 19.3 Å². The molecule has 3 rings (SSSR count). The van der Waals surface area contributed by atoms with Crippen LogP contribution in [0.15, 0.2) is 30.5 Å². The summed E-state index contributed by atoms with van der Waals surface area (Å²) in [5.41, 5.74) is 2.17. The number of hydrogen-bond acceptors (Lipinski definition) is 5. The minimum Gasteiger partial charge on any atom is -0.351 e. The number of rotatable bonds is 5. The van der Waals surface area contributed by atoms with Gasteiger partial charge in [-0.05, 0) is 57.1 Å². The van der Waals surface area contributed by atoms with Crippen molar-refractivity contribution in [1.82, 2.24) is 20.4 Å². The van der Waals surface area contributed by atoms with Crippen LogP contribution in [-0.4, -0.2) is 48.2 Å². The number of halogens is 2. The van der Waals surface area contributed by atoms with E-state index in [4.69, 9.17) is 0 Å². The quantitative estimate of drug-likeness (QED) is 0.750. The molecule has 0 aliphatic carbocycles. The van der Waals surface area contributed by atoms with E-state index in [1.165, 1.54) is 12.1 Å². The molecular formula is C18H24ClFN4O3S. The van der Waals surface area contributed by atoms with E-state index in [1.54, 1.807) is 29.9 Å². The van der Waals surface area contributed by atoms with Crippen LogP contribution in [0.4, 0.5) is 4.39 Å². The van der Waals surface area contributed by atoms with Crippen LogP contribution in [0.1, 0.15) is 24.1 Å². The fourth-order valence-corrected chi connectivity index (χ4v) is 4.68. The molecule has 2 aromatic rings. The van der Waals surface area contributed by atoms with Gasteiger partial charge in [-0.2, -0.15) is 5.10 Å². The predicted molar refractivity (Wildman–Crippen MR) is 107 cm³/mol. The van der Waals surface area contributed by atoms with Gasteiger partial charge in [0.2, 0.25) is 5.91 Å². The fourth-order valence-electron chi connectivity index (χ4n) is 3.33. The number of sulfone groups is 1. The number of piperidine rings is 1. The average Bonchev–Trinajstić information content (AvgIpc) is 3.00. The van der Waals surface area contributed by atoms with E-state index in [-0.39, 0.29) is 37.6 Å². The zero-order valence-corrected chi connectivity index (χ0v) is 17.4. The first-order chi connectivity index (χ1) is 12.7. The lowest BCUT2D eigenvalue weighted by molar-refractivity contribution is -0.124. The van der Waals surface area contributed by atoms with Crippen LogP contribution in [0.3, 0.4) is 0 Å². The van der Waals surface area contributed by atoms with E-state index in [0.29, 0.717) is 24.5 Å². The highest BCUT2D eigenvalue weighted by molar-refractivity contribution is 7.92. The minimum absolute atomic E-state index is 0. The third kappa shape index (κ3) is 4.37. The molecule has 1 amide bonds. The summed E-state index contributed by atoms with van der Waals surface area (Å²) in [4.78, 5) is 12.8. The second kappa shape index (κ2) is 8.59. The second-order valence-electron chi connectivity index (χ2n) is 6.86. The van der Waals surface area contributed by atoms with E-state index < -0.39 is 20.5 Å². The molecule has 154 valence electrons. The molecule has 1 aliphatic rings. The first-order valence-corrected chi connectivity index (χ1v) is 10.6. The summed E-state index contributed by atoms with van der Waals surface area (Å²) >= 11 is 0. The molecule has 10 heteroatoms. The summed E-state index contributed by atoms with van der Waals surface area (Å²) in [5.74, 6) is -0.802. The van der Waals surface area contributed by atoms with Gasteiger partial charge in [0.15, 0.2) is 14.6 Å². The number of carbonyl (C=O) groups excluding carboxylic acids is 1. The summed E-state index contributed by atoms with van der Waals surface area (Å²) in [6.45, 7) is 2.96. The van der Waals surface area contributed by atoms with Gasteiger partial charge >= 0.3 is 0 Å². The van der Waals surface area contributed by atoms with E-state index in [2.05, 4.69) is 15.7 Å². The van der Waals surface area contributed by atoms with Gasteiger partial charge in [0.1, 0.15) is 5.82 Å². The number of hydrogen-bond donors (Lipinski definition) is 2. The Morgan fingerprint density at radius 1 is 1.29 bits per heavy atom. The zero-order valence-electron chi connectivity index (χ0n) is 15.7. The maximum atomic E-state index is 13.1. The van der Waals surface area contributed by atoms with Crippen LogP contribution in [0.25, 0.3) is 5.69 Å². The molecule has 2 N–H and O–H groups in total. The summed E-state index contributed by atoms with van der Waals surface area (Å²) < 4.78 is 37.9. The number of nitrogens with one attached hydrogen (secondary N) is 2. The van der Waals surface area contributed by atoms with Gasteiger partial charge in [-0.1, -0.05) is 0 Å². The lowest BCUT2D eigenvalue weighted by atomic mass is 9.95. The van der Waals surface area contributed by atoms with Crippen LogP contribution >= 0.6 is 12.4 Å². The molecule has 28 heavy (non-hydrogen) atoms. The van der Waals surface area contributed by atoms with Crippen molar-refractivity contribution < 1.29 is 17.6 Å². The second-order valence-corrected chi connectivity index (χ2v) is 9.19. The van der Waals surface area contributed by atoms with Gasteiger partial charge in [-0.15, -0.1) is 12.4 Å². The molecule has 2 heterocycles. The fraction of sp³-hybridized carbons (Fsp3) is 0.444. The van der Waals surface area contributed by atoms with Crippen molar-refractivity contribution in [1.29, 1.82) is 0 Å².